The molecule has 0 aliphatic carbocycles. The molecular formula is C24H22O9. The topological polar surface area (TPSA) is 150 Å². The zero-order chi connectivity index (χ0) is 23.6. The standard InChI is InChI=1S/C24H22O9/c1-9-6-13-17(15(26)7-9)12-8-16(32-24-21(29)20(28)19(27)10(2)31-24)18-11(4-3-5-14(18)25)22(12)33-23(13)30/h3-8,10,19-21,24-29H,1-2H3. The molecule has 0 spiro atoms. The summed E-state index contributed by atoms with van der Waals surface area (Å²) in [5.74, 6) is -0.251. The Hall–Kier alpha value is -3.37. The molecule has 0 bridgehead atoms. The molecule has 1 aromatic heterocycles. The maximum absolute atomic E-state index is 12.7. The molecular weight excluding hydrogens is 432 g/mol. The molecule has 4 aromatic rings. The van der Waals surface area contributed by atoms with Crippen molar-refractivity contribution in [3.63, 3.8) is 0 Å². The summed E-state index contributed by atoms with van der Waals surface area (Å²) >= 11 is 0. The molecule has 5 unspecified atom stereocenters. The van der Waals surface area contributed by atoms with E-state index in [2.05, 4.69) is 0 Å². The third kappa shape index (κ3) is 3.28. The summed E-state index contributed by atoms with van der Waals surface area (Å²) in [4.78, 5) is 12.7. The normalized spacial score (nSPS) is 25.7. The number of aromatic hydroxyl groups is 2. The van der Waals surface area contributed by atoms with E-state index in [9.17, 15) is 30.3 Å². The van der Waals surface area contributed by atoms with E-state index in [4.69, 9.17) is 13.9 Å². The third-order valence-corrected chi connectivity index (χ3v) is 6.05. The van der Waals surface area contributed by atoms with Gasteiger partial charge in [-0.25, -0.2) is 4.79 Å². The van der Waals surface area contributed by atoms with Gasteiger partial charge in [-0.2, -0.15) is 0 Å². The summed E-state index contributed by atoms with van der Waals surface area (Å²) in [7, 11) is 0. The van der Waals surface area contributed by atoms with Crippen molar-refractivity contribution in [3.8, 4) is 17.2 Å². The molecule has 5 atom stereocenters. The Morgan fingerprint density at radius 2 is 1.64 bits per heavy atom. The fourth-order valence-electron chi connectivity index (χ4n) is 4.39. The average molecular weight is 454 g/mol. The lowest BCUT2D eigenvalue weighted by molar-refractivity contribution is -0.267. The van der Waals surface area contributed by atoms with Gasteiger partial charge < -0.3 is 39.4 Å². The Labute approximate surface area is 186 Å². The molecule has 3 aromatic carbocycles. The number of aliphatic hydroxyl groups excluding tert-OH is 3. The first-order valence-electron chi connectivity index (χ1n) is 10.4. The minimum absolute atomic E-state index is 0.0607. The highest BCUT2D eigenvalue weighted by Crippen LogP contribution is 2.43. The van der Waals surface area contributed by atoms with E-state index in [1.54, 1.807) is 25.1 Å². The summed E-state index contributed by atoms with van der Waals surface area (Å²) in [6.07, 6.45) is -6.59. The van der Waals surface area contributed by atoms with Gasteiger partial charge in [0.1, 0.15) is 41.1 Å². The molecule has 2 heterocycles. The summed E-state index contributed by atoms with van der Waals surface area (Å²) < 4.78 is 17.0. The molecule has 5 N–H and O–H groups in total. The van der Waals surface area contributed by atoms with Gasteiger partial charge in [0.25, 0.3) is 0 Å². The van der Waals surface area contributed by atoms with Crippen LogP contribution in [0.2, 0.25) is 0 Å². The number of phenolic OH excluding ortho intramolecular Hbond substituents is 2. The molecule has 0 amide bonds. The fraction of sp³-hybridized carbons (Fsp3) is 0.292. The summed E-state index contributed by atoms with van der Waals surface area (Å²) in [5, 5.41) is 53.0. The molecule has 9 nitrogen and oxygen atoms in total. The van der Waals surface area contributed by atoms with E-state index in [1.807, 2.05) is 0 Å². The van der Waals surface area contributed by atoms with E-state index in [-0.39, 0.29) is 39.0 Å². The fourth-order valence-corrected chi connectivity index (χ4v) is 4.39. The van der Waals surface area contributed by atoms with Crippen LogP contribution in [-0.2, 0) is 4.74 Å². The highest BCUT2D eigenvalue weighted by atomic mass is 16.7. The Morgan fingerprint density at radius 3 is 2.39 bits per heavy atom. The summed E-state index contributed by atoms with van der Waals surface area (Å²) in [6.45, 7) is 3.26. The van der Waals surface area contributed by atoms with Gasteiger partial charge >= 0.3 is 5.63 Å². The molecule has 33 heavy (non-hydrogen) atoms. The minimum atomic E-state index is -1.57. The maximum Gasteiger partial charge on any atom is 0.344 e. The first-order chi connectivity index (χ1) is 15.7. The molecule has 1 fully saturated rings. The number of rotatable bonds is 2. The highest BCUT2D eigenvalue weighted by molar-refractivity contribution is 6.18. The quantitative estimate of drug-likeness (QED) is 0.226. The number of fused-ring (bicyclic) bond motifs is 5. The van der Waals surface area contributed by atoms with Gasteiger partial charge in [0, 0.05) is 16.2 Å². The lowest BCUT2D eigenvalue weighted by Crippen LogP contribution is -2.58. The van der Waals surface area contributed by atoms with Gasteiger partial charge in [0.15, 0.2) is 0 Å². The number of ether oxygens (including phenoxy) is 2. The van der Waals surface area contributed by atoms with Crippen molar-refractivity contribution in [2.45, 2.75) is 44.6 Å². The van der Waals surface area contributed by atoms with Crippen LogP contribution in [0.4, 0.5) is 0 Å². The Bertz CT molecular complexity index is 1460. The molecule has 1 aliphatic heterocycles. The maximum atomic E-state index is 12.7. The first kappa shape index (κ1) is 21.5. The van der Waals surface area contributed by atoms with Crippen LogP contribution in [0, 0.1) is 6.92 Å². The zero-order valence-electron chi connectivity index (χ0n) is 17.7. The molecule has 0 radical (unpaired) electrons. The van der Waals surface area contributed by atoms with E-state index >= 15 is 0 Å². The second-order valence-corrected chi connectivity index (χ2v) is 8.35. The lowest BCUT2D eigenvalue weighted by atomic mass is 9.99. The second kappa shape index (κ2) is 7.60. The number of benzene rings is 3. The number of hydrogen-bond acceptors (Lipinski definition) is 9. The first-order valence-corrected chi connectivity index (χ1v) is 10.4. The van der Waals surface area contributed by atoms with Crippen molar-refractivity contribution in [2.75, 3.05) is 0 Å². The molecule has 1 aliphatic rings. The van der Waals surface area contributed by atoms with Crippen LogP contribution in [0.15, 0.2) is 45.6 Å². The van der Waals surface area contributed by atoms with Gasteiger partial charge in [-0.15, -0.1) is 0 Å². The molecule has 1 saturated heterocycles. The Kier molecular flexibility index (Phi) is 4.95. The molecule has 9 heteroatoms. The van der Waals surface area contributed by atoms with Crippen molar-refractivity contribution >= 4 is 32.5 Å². The third-order valence-electron chi connectivity index (χ3n) is 6.05. The van der Waals surface area contributed by atoms with Crippen molar-refractivity contribution < 1.29 is 39.4 Å². The van der Waals surface area contributed by atoms with Crippen molar-refractivity contribution in [1.29, 1.82) is 0 Å². The van der Waals surface area contributed by atoms with Crippen LogP contribution < -0.4 is 10.4 Å². The molecule has 172 valence electrons. The monoisotopic (exact) mass is 454 g/mol. The number of aliphatic hydroxyl groups is 3. The van der Waals surface area contributed by atoms with Crippen molar-refractivity contribution in [2.24, 2.45) is 0 Å². The minimum Gasteiger partial charge on any atom is -0.507 e. The van der Waals surface area contributed by atoms with Gasteiger partial charge in [-0.1, -0.05) is 12.1 Å². The van der Waals surface area contributed by atoms with Crippen LogP contribution in [0.3, 0.4) is 0 Å². The van der Waals surface area contributed by atoms with E-state index < -0.39 is 36.3 Å². The van der Waals surface area contributed by atoms with E-state index in [0.717, 1.165) is 0 Å². The number of hydrogen-bond donors (Lipinski definition) is 5. The van der Waals surface area contributed by atoms with E-state index in [0.29, 0.717) is 16.3 Å². The van der Waals surface area contributed by atoms with Crippen LogP contribution in [0.1, 0.15) is 12.5 Å². The van der Waals surface area contributed by atoms with E-state index in [1.165, 1.54) is 25.1 Å². The van der Waals surface area contributed by atoms with Gasteiger partial charge in [0.05, 0.1) is 16.9 Å². The Morgan fingerprint density at radius 1 is 0.879 bits per heavy atom. The van der Waals surface area contributed by atoms with Gasteiger partial charge in [-0.05, 0) is 43.7 Å². The van der Waals surface area contributed by atoms with Gasteiger partial charge in [-0.3, -0.25) is 0 Å². The van der Waals surface area contributed by atoms with Crippen molar-refractivity contribution in [1.82, 2.24) is 0 Å². The Balaban J connectivity index is 1.80. The smallest absolute Gasteiger partial charge is 0.344 e. The highest BCUT2D eigenvalue weighted by Gasteiger charge is 2.43. The summed E-state index contributed by atoms with van der Waals surface area (Å²) in [5.41, 5.74) is 0.160. The van der Waals surface area contributed by atoms with Crippen LogP contribution in [0.5, 0.6) is 17.2 Å². The molecule has 0 saturated carbocycles. The second-order valence-electron chi connectivity index (χ2n) is 8.35. The summed E-state index contributed by atoms with van der Waals surface area (Å²) in [6, 6.07) is 9.18. The molecule has 5 rings (SSSR count). The largest absolute Gasteiger partial charge is 0.507 e. The van der Waals surface area contributed by atoms with Crippen LogP contribution in [-0.4, -0.2) is 56.2 Å². The van der Waals surface area contributed by atoms with Crippen LogP contribution >= 0.6 is 0 Å². The predicted molar refractivity (Wildman–Crippen MR) is 119 cm³/mol. The lowest BCUT2D eigenvalue weighted by Gasteiger charge is -2.39. The number of phenols is 2. The predicted octanol–water partition coefficient (Wildman–Crippen LogP) is 2.03. The van der Waals surface area contributed by atoms with Gasteiger partial charge in [0.2, 0.25) is 6.29 Å². The zero-order valence-corrected chi connectivity index (χ0v) is 17.7. The SMILES string of the molecule is Cc1cc(O)c2c(c1)c(=O)oc1c3cccc(O)c3c(OC3OC(C)C(O)C(O)C3O)cc12. The van der Waals surface area contributed by atoms with Crippen molar-refractivity contribution in [3.05, 3.63) is 52.4 Å². The van der Waals surface area contributed by atoms with Crippen LogP contribution in [0.25, 0.3) is 32.5 Å². The average Bonchev–Trinajstić information content (AvgIpc) is 2.76. The number of aryl methyl sites for hydroxylation is 1.